The highest BCUT2D eigenvalue weighted by Gasteiger charge is 2.32. The van der Waals surface area contributed by atoms with Gasteiger partial charge >= 0.3 is 6.03 Å². The molecule has 1 aliphatic rings. The maximum atomic E-state index is 12.6. The van der Waals surface area contributed by atoms with Crippen LogP contribution in [0, 0.1) is 0 Å². The molecule has 0 aliphatic carbocycles. The Hall–Kier alpha value is -2.41. The third-order valence-corrected chi connectivity index (χ3v) is 4.24. The zero-order valence-electron chi connectivity index (χ0n) is 14.1. The average molecular weight is 329 g/mol. The zero-order valence-corrected chi connectivity index (χ0v) is 14.1. The van der Waals surface area contributed by atoms with Gasteiger partial charge in [-0.2, -0.15) is 0 Å². The Morgan fingerprint density at radius 2 is 2.17 bits per heavy atom. The second-order valence-electron chi connectivity index (χ2n) is 5.92. The minimum absolute atomic E-state index is 0.0188. The van der Waals surface area contributed by atoms with Gasteiger partial charge in [-0.15, -0.1) is 10.2 Å². The Bertz CT molecular complexity index is 683. The van der Waals surface area contributed by atoms with E-state index < -0.39 is 0 Å². The van der Waals surface area contributed by atoms with Crippen molar-refractivity contribution >= 4 is 11.7 Å². The topological polar surface area (TPSA) is 72.3 Å². The molecule has 7 heteroatoms. The van der Waals surface area contributed by atoms with Crippen molar-refractivity contribution in [3.63, 3.8) is 0 Å². The molecule has 1 aromatic carbocycles. The molecule has 0 unspecified atom stereocenters. The van der Waals surface area contributed by atoms with Gasteiger partial charge in [0.05, 0.1) is 12.6 Å². The first-order chi connectivity index (χ1) is 11.7. The number of rotatable bonds is 5. The van der Waals surface area contributed by atoms with Crippen LogP contribution in [0.2, 0.25) is 0 Å². The number of urea groups is 1. The summed E-state index contributed by atoms with van der Waals surface area (Å²) in [5.41, 5.74) is 1.87. The molecule has 0 radical (unpaired) electrons. The number of amides is 2. The predicted molar refractivity (Wildman–Crippen MR) is 90.5 cm³/mol. The van der Waals surface area contributed by atoms with Crippen LogP contribution in [0.5, 0.6) is 0 Å². The summed E-state index contributed by atoms with van der Waals surface area (Å²) in [7, 11) is 1.90. The number of nitrogens with zero attached hydrogens (tertiary/aromatic N) is 4. The van der Waals surface area contributed by atoms with E-state index in [2.05, 4.69) is 15.5 Å². The monoisotopic (exact) mass is 329 g/mol. The first-order valence-corrected chi connectivity index (χ1v) is 8.27. The normalized spacial score (nSPS) is 17.2. The first kappa shape index (κ1) is 16.4. The number of hydrogen-bond acceptors (Lipinski definition) is 4. The molecule has 1 saturated heterocycles. The van der Waals surface area contributed by atoms with Gasteiger partial charge in [-0.05, 0) is 37.5 Å². The minimum atomic E-state index is -0.0990. The van der Waals surface area contributed by atoms with Crippen molar-refractivity contribution in [2.75, 3.05) is 18.5 Å². The lowest BCUT2D eigenvalue weighted by Gasteiger charge is -2.24. The lowest BCUT2D eigenvalue weighted by atomic mass is 10.2. The molecule has 1 fully saturated rings. The van der Waals surface area contributed by atoms with E-state index in [1.165, 1.54) is 0 Å². The number of likely N-dealkylation sites (tertiary alicyclic amines) is 1. The Morgan fingerprint density at radius 3 is 2.83 bits per heavy atom. The van der Waals surface area contributed by atoms with Crippen LogP contribution in [0.1, 0.15) is 37.2 Å². The van der Waals surface area contributed by atoms with Crippen LogP contribution in [0.3, 0.4) is 0 Å². The van der Waals surface area contributed by atoms with E-state index in [9.17, 15) is 4.79 Å². The molecule has 128 valence electrons. The Morgan fingerprint density at radius 1 is 1.38 bits per heavy atom. The largest absolute Gasteiger partial charge is 0.377 e. The van der Waals surface area contributed by atoms with Gasteiger partial charge in [-0.3, -0.25) is 0 Å². The molecule has 7 nitrogen and oxygen atoms in total. The quantitative estimate of drug-likeness (QED) is 0.915. The van der Waals surface area contributed by atoms with Gasteiger partial charge < -0.3 is 19.5 Å². The molecule has 0 bridgehead atoms. The number of carbonyl (C=O) groups is 1. The SMILES string of the molecule is CCOCc1ccc(NC(=O)N2CCC[C@@H]2c2nncn2C)cc1. The third kappa shape index (κ3) is 3.56. The molecule has 1 aliphatic heterocycles. The third-order valence-electron chi connectivity index (χ3n) is 4.24. The van der Waals surface area contributed by atoms with Crippen molar-refractivity contribution in [2.45, 2.75) is 32.4 Å². The number of carbonyl (C=O) groups excluding carboxylic acids is 1. The van der Waals surface area contributed by atoms with Crippen LogP contribution in [-0.4, -0.2) is 38.8 Å². The number of nitrogens with one attached hydrogen (secondary N) is 1. The van der Waals surface area contributed by atoms with Gasteiger partial charge in [-0.25, -0.2) is 4.79 Å². The Balaban J connectivity index is 1.64. The molecule has 1 N–H and O–H groups in total. The van der Waals surface area contributed by atoms with E-state index in [1.54, 1.807) is 6.33 Å². The summed E-state index contributed by atoms with van der Waals surface area (Å²) in [5, 5.41) is 11.0. The van der Waals surface area contributed by atoms with Gasteiger partial charge in [0.1, 0.15) is 6.33 Å². The molecule has 3 rings (SSSR count). The van der Waals surface area contributed by atoms with Crippen LogP contribution in [0.4, 0.5) is 10.5 Å². The smallest absolute Gasteiger partial charge is 0.322 e. The highest BCUT2D eigenvalue weighted by molar-refractivity contribution is 5.89. The second kappa shape index (κ2) is 7.44. The van der Waals surface area contributed by atoms with Crippen LogP contribution in [-0.2, 0) is 18.4 Å². The standard InChI is InChI=1S/C17H23N5O2/c1-3-24-11-13-6-8-14(9-7-13)19-17(23)22-10-4-5-15(22)16-20-18-12-21(16)2/h6-9,12,15H,3-5,10-11H2,1-2H3,(H,19,23)/t15-/m1/s1. The first-order valence-electron chi connectivity index (χ1n) is 8.27. The van der Waals surface area contributed by atoms with Crippen LogP contribution < -0.4 is 5.32 Å². The summed E-state index contributed by atoms with van der Waals surface area (Å²) < 4.78 is 7.25. The molecule has 2 amide bonds. The molecule has 1 atom stereocenters. The van der Waals surface area contributed by atoms with Gasteiger partial charge in [0.2, 0.25) is 0 Å². The van der Waals surface area contributed by atoms with Crippen LogP contribution in [0.25, 0.3) is 0 Å². The summed E-state index contributed by atoms with van der Waals surface area (Å²) in [6.45, 7) is 3.98. The van der Waals surface area contributed by atoms with Crippen molar-refractivity contribution in [3.05, 3.63) is 42.0 Å². The maximum Gasteiger partial charge on any atom is 0.322 e. The van der Waals surface area contributed by atoms with E-state index in [-0.39, 0.29) is 12.1 Å². The fourth-order valence-electron chi connectivity index (χ4n) is 2.97. The zero-order chi connectivity index (χ0) is 16.9. The number of ether oxygens (including phenoxy) is 1. The van der Waals surface area contributed by atoms with E-state index in [1.807, 2.05) is 47.7 Å². The van der Waals surface area contributed by atoms with E-state index >= 15 is 0 Å². The Labute approximate surface area is 141 Å². The van der Waals surface area contributed by atoms with Gasteiger partial charge in [0, 0.05) is 25.9 Å². The molecule has 24 heavy (non-hydrogen) atoms. The van der Waals surface area contributed by atoms with Crippen molar-refractivity contribution in [1.82, 2.24) is 19.7 Å². The van der Waals surface area contributed by atoms with Gasteiger partial charge in [0.25, 0.3) is 0 Å². The summed E-state index contributed by atoms with van der Waals surface area (Å²) in [6.07, 6.45) is 3.55. The molecule has 2 aromatic rings. The van der Waals surface area contributed by atoms with Crippen LogP contribution in [0.15, 0.2) is 30.6 Å². The minimum Gasteiger partial charge on any atom is -0.377 e. The molecular formula is C17H23N5O2. The maximum absolute atomic E-state index is 12.6. The van der Waals surface area contributed by atoms with Crippen molar-refractivity contribution in [1.29, 1.82) is 0 Å². The lowest BCUT2D eigenvalue weighted by molar-refractivity contribution is 0.134. The Kier molecular flexibility index (Phi) is 5.10. The van der Waals surface area contributed by atoms with Gasteiger partial charge in [-0.1, -0.05) is 12.1 Å². The predicted octanol–water partition coefficient (Wildman–Crippen LogP) is 2.72. The lowest BCUT2D eigenvalue weighted by Crippen LogP contribution is -2.35. The van der Waals surface area contributed by atoms with E-state index in [0.717, 1.165) is 36.5 Å². The number of anilines is 1. The van der Waals surface area contributed by atoms with E-state index in [0.29, 0.717) is 13.2 Å². The van der Waals surface area contributed by atoms with E-state index in [4.69, 9.17) is 4.74 Å². The molecule has 1 aromatic heterocycles. The number of hydrogen-bond donors (Lipinski definition) is 1. The average Bonchev–Trinajstić information content (AvgIpc) is 3.22. The highest BCUT2D eigenvalue weighted by atomic mass is 16.5. The number of aryl methyl sites for hydroxylation is 1. The van der Waals surface area contributed by atoms with Crippen molar-refractivity contribution in [3.8, 4) is 0 Å². The fourth-order valence-corrected chi connectivity index (χ4v) is 2.97. The number of aromatic nitrogens is 3. The van der Waals surface area contributed by atoms with Crippen LogP contribution >= 0.6 is 0 Å². The molecule has 0 spiro atoms. The van der Waals surface area contributed by atoms with Crippen molar-refractivity contribution < 1.29 is 9.53 Å². The summed E-state index contributed by atoms with van der Waals surface area (Å²) in [4.78, 5) is 14.5. The summed E-state index contributed by atoms with van der Waals surface area (Å²) in [5.74, 6) is 0.828. The van der Waals surface area contributed by atoms with Crippen molar-refractivity contribution in [2.24, 2.45) is 7.05 Å². The highest BCUT2D eigenvalue weighted by Crippen LogP contribution is 2.30. The summed E-state index contributed by atoms with van der Waals surface area (Å²) >= 11 is 0. The number of benzene rings is 1. The summed E-state index contributed by atoms with van der Waals surface area (Å²) in [6, 6.07) is 7.62. The fraction of sp³-hybridized carbons (Fsp3) is 0.471. The second-order valence-corrected chi connectivity index (χ2v) is 5.92. The molecule has 0 saturated carbocycles. The van der Waals surface area contributed by atoms with Gasteiger partial charge in [0.15, 0.2) is 5.82 Å². The molecular weight excluding hydrogens is 306 g/mol. The molecule has 2 heterocycles.